The first kappa shape index (κ1) is 12.1. The summed E-state index contributed by atoms with van der Waals surface area (Å²) in [6.45, 7) is 7.17. The Morgan fingerprint density at radius 2 is 2.06 bits per heavy atom. The summed E-state index contributed by atoms with van der Waals surface area (Å²) >= 11 is 0. The molecule has 0 spiro atoms. The maximum Gasteiger partial charge on any atom is 0.0739 e. The molecule has 0 radical (unpaired) electrons. The summed E-state index contributed by atoms with van der Waals surface area (Å²) in [7, 11) is 0. The van der Waals surface area contributed by atoms with Gasteiger partial charge in [0, 0.05) is 11.1 Å². The van der Waals surface area contributed by atoms with Crippen LogP contribution in [0, 0.1) is 6.92 Å². The minimum Gasteiger partial charge on any atom is -0.330 e. The largest absolute Gasteiger partial charge is 0.330 e. The predicted octanol–water partition coefficient (Wildman–Crippen LogP) is 3.17. The Morgan fingerprint density at radius 3 is 2.71 bits per heavy atom. The second kappa shape index (κ2) is 4.84. The molecule has 17 heavy (non-hydrogen) atoms. The summed E-state index contributed by atoms with van der Waals surface area (Å²) < 4.78 is 0. The van der Waals surface area contributed by atoms with E-state index in [4.69, 9.17) is 10.7 Å². The molecule has 2 heteroatoms. The average molecular weight is 228 g/mol. The lowest BCUT2D eigenvalue weighted by atomic mass is 9.98. The maximum absolute atomic E-state index is 5.62. The van der Waals surface area contributed by atoms with Crippen LogP contribution in [0.3, 0.4) is 0 Å². The maximum atomic E-state index is 5.62. The van der Waals surface area contributed by atoms with E-state index in [-0.39, 0.29) is 0 Å². The molecule has 2 nitrogen and oxygen atoms in total. The molecule has 2 rings (SSSR count). The quantitative estimate of drug-likeness (QED) is 0.876. The molecule has 0 saturated carbocycles. The van der Waals surface area contributed by atoms with Gasteiger partial charge in [-0.1, -0.05) is 32.0 Å². The van der Waals surface area contributed by atoms with Crippen molar-refractivity contribution in [1.82, 2.24) is 4.98 Å². The normalized spacial score (nSPS) is 11.4. The minimum absolute atomic E-state index is 0.506. The van der Waals surface area contributed by atoms with Gasteiger partial charge in [-0.2, -0.15) is 0 Å². The van der Waals surface area contributed by atoms with E-state index in [0.717, 1.165) is 17.6 Å². The summed E-state index contributed by atoms with van der Waals surface area (Å²) in [5.74, 6) is 0.506. The first-order valence-electron chi connectivity index (χ1n) is 6.22. The molecular formula is C15H20N2. The van der Waals surface area contributed by atoms with Gasteiger partial charge in [-0.15, -0.1) is 0 Å². The number of hydrogen-bond donors (Lipinski definition) is 1. The molecule has 0 unspecified atom stereocenters. The van der Waals surface area contributed by atoms with Crippen molar-refractivity contribution in [3.05, 3.63) is 41.1 Å². The van der Waals surface area contributed by atoms with Crippen LogP contribution < -0.4 is 5.73 Å². The Kier molecular flexibility index (Phi) is 3.43. The van der Waals surface area contributed by atoms with Crippen LogP contribution >= 0.6 is 0 Å². The number of nitrogens with zero attached hydrogens (tertiary/aromatic N) is 1. The number of pyridine rings is 1. The van der Waals surface area contributed by atoms with Gasteiger partial charge in [0.05, 0.1) is 5.52 Å². The monoisotopic (exact) mass is 228 g/mol. The molecule has 2 aromatic rings. The fraction of sp³-hybridized carbons (Fsp3) is 0.400. The highest BCUT2D eigenvalue weighted by atomic mass is 14.7. The SMILES string of the molecule is Cc1nc2c(C(C)C)cccc2cc1CCN. The van der Waals surface area contributed by atoms with Crippen molar-refractivity contribution in [3.8, 4) is 0 Å². The summed E-state index contributed by atoms with van der Waals surface area (Å²) in [5.41, 5.74) is 10.5. The van der Waals surface area contributed by atoms with Gasteiger partial charge in [0.15, 0.2) is 0 Å². The van der Waals surface area contributed by atoms with Crippen molar-refractivity contribution >= 4 is 10.9 Å². The molecule has 0 atom stereocenters. The second-order valence-corrected chi connectivity index (χ2v) is 4.85. The van der Waals surface area contributed by atoms with Gasteiger partial charge in [0.25, 0.3) is 0 Å². The lowest BCUT2D eigenvalue weighted by Crippen LogP contribution is -2.05. The molecule has 0 bridgehead atoms. The standard InChI is InChI=1S/C15H20N2/c1-10(2)14-6-4-5-13-9-12(7-8-16)11(3)17-15(13)14/h4-6,9-10H,7-8,16H2,1-3H3. The van der Waals surface area contributed by atoms with Crippen LogP contribution in [0.15, 0.2) is 24.3 Å². The lowest BCUT2D eigenvalue weighted by molar-refractivity contribution is 0.870. The Morgan fingerprint density at radius 1 is 1.29 bits per heavy atom. The van der Waals surface area contributed by atoms with Crippen molar-refractivity contribution in [3.63, 3.8) is 0 Å². The number of fused-ring (bicyclic) bond motifs is 1. The number of nitrogens with two attached hydrogens (primary N) is 1. The summed E-state index contributed by atoms with van der Waals surface area (Å²) in [4.78, 5) is 4.76. The van der Waals surface area contributed by atoms with Crippen molar-refractivity contribution in [2.24, 2.45) is 5.73 Å². The Hall–Kier alpha value is -1.41. The van der Waals surface area contributed by atoms with Gasteiger partial charge < -0.3 is 5.73 Å². The Bertz CT molecular complexity index is 530. The zero-order valence-electron chi connectivity index (χ0n) is 10.8. The van der Waals surface area contributed by atoms with E-state index in [2.05, 4.69) is 45.0 Å². The minimum atomic E-state index is 0.506. The average Bonchev–Trinajstić information content (AvgIpc) is 2.29. The molecule has 0 aliphatic heterocycles. The number of benzene rings is 1. The molecule has 1 aromatic carbocycles. The Balaban J connectivity index is 2.64. The fourth-order valence-electron chi connectivity index (χ4n) is 2.23. The van der Waals surface area contributed by atoms with Gasteiger partial charge in [-0.25, -0.2) is 0 Å². The first-order valence-corrected chi connectivity index (χ1v) is 6.22. The van der Waals surface area contributed by atoms with Crippen LogP contribution in [-0.4, -0.2) is 11.5 Å². The van der Waals surface area contributed by atoms with Crippen LogP contribution in [-0.2, 0) is 6.42 Å². The van der Waals surface area contributed by atoms with Crippen LogP contribution in [0.5, 0.6) is 0 Å². The lowest BCUT2D eigenvalue weighted by Gasteiger charge is -2.12. The summed E-state index contributed by atoms with van der Waals surface area (Å²) in [6.07, 6.45) is 0.903. The van der Waals surface area contributed by atoms with Gasteiger partial charge in [-0.05, 0) is 43.0 Å². The second-order valence-electron chi connectivity index (χ2n) is 4.85. The van der Waals surface area contributed by atoms with Crippen molar-refractivity contribution in [1.29, 1.82) is 0 Å². The van der Waals surface area contributed by atoms with Gasteiger partial charge in [0.2, 0.25) is 0 Å². The number of rotatable bonds is 3. The highest BCUT2D eigenvalue weighted by molar-refractivity contribution is 5.83. The number of aryl methyl sites for hydroxylation is 1. The van der Waals surface area contributed by atoms with E-state index in [0.29, 0.717) is 12.5 Å². The molecule has 0 aliphatic rings. The van der Waals surface area contributed by atoms with E-state index < -0.39 is 0 Å². The smallest absolute Gasteiger partial charge is 0.0739 e. The van der Waals surface area contributed by atoms with Gasteiger partial charge >= 0.3 is 0 Å². The van der Waals surface area contributed by atoms with Crippen molar-refractivity contribution in [2.45, 2.75) is 33.1 Å². The highest BCUT2D eigenvalue weighted by Gasteiger charge is 2.08. The third-order valence-electron chi connectivity index (χ3n) is 3.21. The Labute approximate surface area is 103 Å². The van der Waals surface area contributed by atoms with Crippen molar-refractivity contribution < 1.29 is 0 Å². The predicted molar refractivity (Wildman–Crippen MR) is 73.3 cm³/mol. The molecule has 0 aliphatic carbocycles. The highest BCUT2D eigenvalue weighted by Crippen LogP contribution is 2.25. The molecule has 1 heterocycles. The number of hydrogen-bond acceptors (Lipinski definition) is 2. The summed E-state index contributed by atoms with van der Waals surface area (Å²) in [5, 5.41) is 1.23. The topological polar surface area (TPSA) is 38.9 Å². The van der Waals surface area contributed by atoms with E-state index in [1.165, 1.54) is 16.5 Å². The van der Waals surface area contributed by atoms with Crippen molar-refractivity contribution in [2.75, 3.05) is 6.54 Å². The van der Waals surface area contributed by atoms with E-state index in [1.807, 2.05) is 0 Å². The van der Waals surface area contributed by atoms with Crippen LogP contribution in [0.2, 0.25) is 0 Å². The fourth-order valence-corrected chi connectivity index (χ4v) is 2.23. The molecule has 0 amide bonds. The van der Waals surface area contributed by atoms with Crippen LogP contribution in [0.1, 0.15) is 36.6 Å². The first-order chi connectivity index (χ1) is 8.13. The van der Waals surface area contributed by atoms with Crippen LogP contribution in [0.25, 0.3) is 10.9 Å². The third kappa shape index (κ3) is 2.32. The van der Waals surface area contributed by atoms with Gasteiger partial charge in [0.1, 0.15) is 0 Å². The zero-order valence-corrected chi connectivity index (χ0v) is 10.8. The molecule has 0 saturated heterocycles. The molecule has 0 fully saturated rings. The van der Waals surface area contributed by atoms with Gasteiger partial charge in [-0.3, -0.25) is 4.98 Å². The molecular weight excluding hydrogens is 208 g/mol. The summed E-state index contributed by atoms with van der Waals surface area (Å²) in [6, 6.07) is 8.65. The molecule has 1 aromatic heterocycles. The zero-order chi connectivity index (χ0) is 12.4. The third-order valence-corrected chi connectivity index (χ3v) is 3.21. The van der Waals surface area contributed by atoms with E-state index in [9.17, 15) is 0 Å². The van der Waals surface area contributed by atoms with E-state index >= 15 is 0 Å². The van der Waals surface area contributed by atoms with Crippen LogP contribution in [0.4, 0.5) is 0 Å². The number of para-hydroxylation sites is 1. The molecule has 90 valence electrons. The number of aromatic nitrogens is 1. The molecule has 2 N–H and O–H groups in total. The van der Waals surface area contributed by atoms with E-state index in [1.54, 1.807) is 0 Å².